The fraction of sp³-hybridized carbons (Fsp3) is 0.500. The largest absolute Gasteiger partial charge is 0.480 e. The van der Waals surface area contributed by atoms with Gasteiger partial charge in [0.15, 0.2) is 0 Å². The molecule has 0 heterocycles. The Hall–Kier alpha value is -2.04. The molecule has 1 rings (SSSR count). The Kier molecular flexibility index (Phi) is 5.35. The van der Waals surface area contributed by atoms with Gasteiger partial charge >= 0.3 is 12.0 Å². The molecule has 1 aromatic carbocycles. The Balaban J connectivity index is 2.69. The summed E-state index contributed by atoms with van der Waals surface area (Å²) in [6.45, 7) is 7.79. The van der Waals surface area contributed by atoms with E-state index in [1.165, 1.54) is 4.90 Å². The van der Waals surface area contributed by atoms with E-state index in [1.807, 2.05) is 31.2 Å². The molecule has 0 aliphatic carbocycles. The van der Waals surface area contributed by atoms with Crippen LogP contribution in [0.5, 0.6) is 0 Å². The lowest BCUT2D eigenvalue weighted by Crippen LogP contribution is -2.52. The third kappa shape index (κ3) is 5.10. The van der Waals surface area contributed by atoms with Crippen LogP contribution >= 0.6 is 0 Å². The smallest absolute Gasteiger partial charge is 0.326 e. The standard InChI is InChI=1S/C16H24N2O3/c1-11-6-8-12(9-7-11)10-18(5)15(21)17-13(14(19)20)16(2,3)4/h6-9,13H,10H2,1-5H3,(H,17,21)(H,19,20)/t13-/m1/s1. The Morgan fingerprint density at radius 2 is 1.76 bits per heavy atom. The van der Waals surface area contributed by atoms with Crippen LogP contribution in [0, 0.1) is 12.3 Å². The van der Waals surface area contributed by atoms with Gasteiger partial charge in [0, 0.05) is 13.6 Å². The van der Waals surface area contributed by atoms with Crippen LogP contribution in [0.25, 0.3) is 0 Å². The third-order valence-electron chi connectivity index (χ3n) is 3.27. The van der Waals surface area contributed by atoms with Crippen LogP contribution < -0.4 is 5.32 Å². The summed E-state index contributed by atoms with van der Waals surface area (Å²) in [5, 5.41) is 11.8. The molecule has 1 aromatic rings. The summed E-state index contributed by atoms with van der Waals surface area (Å²) in [6.07, 6.45) is 0. The number of nitrogens with zero attached hydrogens (tertiary/aromatic N) is 1. The number of amides is 2. The van der Waals surface area contributed by atoms with Gasteiger partial charge in [0.1, 0.15) is 6.04 Å². The van der Waals surface area contributed by atoms with Gasteiger partial charge in [-0.3, -0.25) is 0 Å². The number of aryl methyl sites for hydroxylation is 1. The number of hydrogen-bond donors (Lipinski definition) is 2. The number of nitrogens with one attached hydrogen (secondary N) is 1. The van der Waals surface area contributed by atoms with Gasteiger partial charge in [-0.05, 0) is 17.9 Å². The molecule has 5 nitrogen and oxygen atoms in total. The summed E-state index contributed by atoms with van der Waals surface area (Å²) in [5.74, 6) is -1.03. The first-order valence-corrected chi connectivity index (χ1v) is 6.91. The average Bonchev–Trinajstić information content (AvgIpc) is 2.36. The maximum Gasteiger partial charge on any atom is 0.326 e. The van der Waals surface area contributed by atoms with Crippen molar-refractivity contribution in [2.24, 2.45) is 5.41 Å². The monoisotopic (exact) mass is 292 g/mol. The molecule has 0 radical (unpaired) electrons. The van der Waals surface area contributed by atoms with Gasteiger partial charge in [0.2, 0.25) is 0 Å². The van der Waals surface area contributed by atoms with Gasteiger partial charge in [-0.1, -0.05) is 50.6 Å². The highest BCUT2D eigenvalue weighted by atomic mass is 16.4. The van der Waals surface area contributed by atoms with Crippen LogP contribution in [0.2, 0.25) is 0 Å². The first kappa shape index (κ1) is 17.0. The zero-order valence-electron chi connectivity index (χ0n) is 13.3. The summed E-state index contributed by atoms with van der Waals surface area (Å²) in [4.78, 5) is 24.9. The fourth-order valence-electron chi connectivity index (χ4n) is 1.92. The Morgan fingerprint density at radius 3 is 2.19 bits per heavy atom. The molecule has 0 saturated heterocycles. The zero-order valence-corrected chi connectivity index (χ0v) is 13.3. The van der Waals surface area contributed by atoms with Crippen molar-refractivity contribution in [3.8, 4) is 0 Å². The number of benzene rings is 1. The topological polar surface area (TPSA) is 69.6 Å². The van der Waals surface area contributed by atoms with Crippen molar-refractivity contribution in [2.75, 3.05) is 7.05 Å². The van der Waals surface area contributed by atoms with Crippen LogP contribution in [0.1, 0.15) is 31.9 Å². The van der Waals surface area contributed by atoms with Crippen LogP contribution in [-0.2, 0) is 11.3 Å². The second-order valence-electron chi connectivity index (χ2n) is 6.43. The van der Waals surface area contributed by atoms with E-state index in [0.29, 0.717) is 6.54 Å². The molecule has 0 aliphatic heterocycles. The van der Waals surface area contributed by atoms with E-state index < -0.39 is 23.5 Å². The van der Waals surface area contributed by atoms with E-state index in [4.69, 9.17) is 0 Å². The average molecular weight is 292 g/mol. The number of carboxylic acid groups (broad SMARTS) is 1. The van der Waals surface area contributed by atoms with Crippen molar-refractivity contribution < 1.29 is 14.7 Å². The van der Waals surface area contributed by atoms with E-state index in [-0.39, 0.29) is 0 Å². The van der Waals surface area contributed by atoms with Crippen molar-refractivity contribution in [1.82, 2.24) is 10.2 Å². The molecule has 0 bridgehead atoms. The lowest BCUT2D eigenvalue weighted by atomic mass is 9.87. The summed E-state index contributed by atoms with van der Waals surface area (Å²) in [7, 11) is 1.65. The van der Waals surface area contributed by atoms with E-state index in [2.05, 4.69) is 5.32 Å². The summed E-state index contributed by atoms with van der Waals surface area (Å²) in [5.41, 5.74) is 1.61. The molecule has 2 N–H and O–H groups in total. The number of rotatable bonds is 4. The maximum atomic E-state index is 12.1. The first-order chi connectivity index (χ1) is 9.61. The van der Waals surface area contributed by atoms with Gasteiger partial charge in [-0.25, -0.2) is 9.59 Å². The summed E-state index contributed by atoms with van der Waals surface area (Å²) < 4.78 is 0. The summed E-state index contributed by atoms with van der Waals surface area (Å²) >= 11 is 0. The number of hydrogen-bond acceptors (Lipinski definition) is 2. The molecular weight excluding hydrogens is 268 g/mol. The minimum Gasteiger partial charge on any atom is -0.480 e. The highest BCUT2D eigenvalue weighted by Crippen LogP contribution is 2.19. The first-order valence-electron chi connectivity index (χ1n) is 6.91. The molecule has 21 heavy (non-hydrogen) atoms. The van der Waals surface area contributed by atoms with Crippen LogP contribution in [-0.4, -0.2) is 35.1 Å². The minimum absolute atomic E-state index is 0.391. The van der Waals surface area contributed by atoms with Crippen LogP contribution in [0.15, 0.2) is 24.3 Å². The second kappa shape index (κ2) is 6.61. The molecule has 0 fully saturated rings. The van der Waals surface area contributed by atoms with E-state index in [1.54, 1.807) is 27.8 Å². The third-order valence-corrected chi connectivity index (χ3v) is 3.27. The zero-order chi connectivity index (χ0) is 16.2. The van der Waals surface area contributed by atoms with E-state index >= 15 is 0 Å². The Morgan fingerprint density at radius 1 is 1.24 bits per heavy atom. The molecule has 0 unspecified atom stereocenters. The number of aliphatic carboxylic acids is 1. The number of carboxylic acids is 1. The molecule has 2 amide bonds. The van der Waals surface area contributed by atoms with Crippen molar-refractivity contribution in [2.45, 2.75) is 40.3 Å². The second-order valence-corrected chi connectivity index (χ2v) is 6.43. The Labute approximate surface area is 126 Å². The lowest BCUT2D eigenvalue weighted by molar-refractivity contribution is -0.142. The number of carbonyl (C=O) groups is 2. The van der Waals surface area contributed by atoms with Crippen molar-refractivity contribution in [3.63, 3.8) is 0 Å². The Bertz CT molecular complexity index is 503. The molecule has 0 aromatic heterocycles. The predicted molar refractivity (Wildman–Crippen MR) is 82.1 cm³/mol. The maximum absolute atomic E-state index is 12.1. The highest BCUT2D eigenvalue weighted by Gasteiger charge is 2.33. The summed E-state index contributed by atoms with van der Waals surface area (Å²) in [6, 6.07) is 6.56. The molecule has 116 valence electrons. The molecule has 0 saturated carbocycles. The van der Waals surface area contributed by atoms with Crippen molar-refractivity contribution >= 4 is 12.0 Å². The quantitative estimate of drug-likeness (QED) is 0.896. The van der Waals surface area contributed by atoms with Crippen LogP contribution in [0.3, 0.4) is 0 Å². The van der Waals surface area contributed by atoms with Crippen molar-refractivity contribution in [3.05, 3.63) is 35.4 Å². The van der Waals surface area contributed by atoms with Gasteiger partial charge in [0.05, 0.1) is 0 Å². The fourth-order valence-corrected chi connectivity index (χ4v) is 1.92. The predicted octanol–water partition coefficient (Wildman–Crippen LogP) is 2.64. The van der Waals surface area contributed by atoms with Gasteiger partial charge in [-0.15, -0.1) is 0 Å². The minimum atomic E-state index is -1.03. The van der Waals surface area contributed by atoms with E-state index in [0.717, 1.165) is 11.1 Å². The number of urea groups is 1. The molecule has 5 heteroatoms. The molecule has 0 spiro atoms. The SMILES string of the molecule is Cc1ccc(CN(C)C(=O)N[C@H](C(=O)O)C(C)(C)C)cc1. The number of carbonyl (C=O) groups excluding carboxylic acids is 1. The normalized spacial score (nSPS) is 12.6. The highest BCUT2D eigenvalue weighted by molar-refractivity contribution is 5.83. The van der Waals surface area contributed by atoms with Gasteiger partial charge < -0.3 is 15.3 Å². The molecule has 1 atom stereocenters. The van der Waals surface area contributed by atoms with Gasteiger partial charge in [-0.2, -0.15) is 0 Å². The molecule has 0 aliphatic rings. The molecular formula is C16H24N2O3. The van der Waals surface area contributed by atoms with Gasteiger partial charge in [0.25, 0.3) is 0 Å². The van der Waals surface area contributed by atoms with Crippen LogP contribution in [0.4, 0.5) is 4.79 Å². The van der Waals surface area contributed by atoms with Crippen molar-refractivity contribution in [1.29, 1.82) is 0 Å². The lowest BCUT2D eigenvalue weighted by Gasteiger charge is -2.29. The van der Waals surface area contributed by atoms with E-state index in [9.17, 15) is 14.7 Å².